The normalized spacial score (nSPS) is 16.5. The maximum atomic E-state index is 13.1. The summed E-state index contributed by atoms with van der Waals surface area (Å²) in [5, 5.41) is 6.89. The highest BCUT2D eigenvalue weighted by molar-refractivity contribution is 5.97. The fourth-order valence-electron chi connectivity index (χ4n) is 5.69. The highest BCUT2D eigenvalue weighted by Gasteiger charge is 2.53. The van der Waals surface area contributed by atoms with Gasteiger partial charge in [0.05, 0.1) is 5.56 Å². The zero-order valence-electron chi connectivity index (χ0n) is 21.6. The Morgan fingerprint density at radius 2 is 1.26 bits per heavy atom. The first kappa shape index (κ1) is 23.1. The molecule has 0 fully saturated rings. The van der Waals surface area contributed by atoms with Gasteiger partial charge in [-0.05, 0) is 80.1 Å². The Morgan fingerprint density at radius 1 is 0.615 bits per heavy atom. The maximum absolute atomic E-state index is 13.1. The van der Waals surface area contributed by atoms with Gasteiger partial charge in [0.1, 0.15) is 11.5 Å². The third-order valence-corrected chi connectivity index (χ3v) is 7.38. The van der Waals surface area contributed by atoms with Crippen molar-refractivity contribution in [3.63, 3.8) is 0 Å². The molecule has 0 saturated heterocycles. The number of ether oxygens (including phenoxy) is 2. The van der Waals surface area contributed by atoms with Crippen molar-refractivity contribution >= 4 is 28.7 Å². The average molecular weight is 511 g/mol. The van der Waals surface area contributed by atoms with E-state index in [1.54, 1.807) is 0 Å². The van der Waals surface area contributed by atoms with Crippen LogP contribution in [0.15, 0.2) is 109 Å². The summed E-state index contributed by atoms with van der Waals surface area (Å²) in [5.74, 6) is 1.06. The SMILES string of the molecule is Cc1cc(C)c2c(c1)C1(OC(=O)c3ccccc31)c1ccc(Nc3ccc(Nc4ccccc4)cc3)cc1O2. The van der Waals surface area contributed by atoms with Crippen LogP contribution in [-0.2, 0) is 10.3 Å². The zero-order chi connectivity index (χ0) is 26.6. The van der Waals surface area contributed by atoms with Crippen molar-refractivity contribution in [3.05, 3.63) is 143 Å². The molecule has 0 amide bonds. The highest BCUT2D eigenvalue weighted by Crippen LogP contribution is 2.57. The molecule has 1 unspecified atom stereocenters. The van der Waals surface area contributed by atoms with E-state index in [-0.39, 0.29) is 5.97 Å². The largest absolute Gasteiger partial charge is 0.456 e. The topological polar surface area (TPSA) is 59.6 Å². The van der Waals surface area contributed by atoms with Crippen molar-refractivity contribution in [2.45, 2.75) is 19.4 Å². The molecule has 2 N–H and O–H groups in total. The molecule has 0 radical (unpaired) electrons. The number of esters is 1. The summed E-state index contributed by atoms with van der Waals surface area (Å²) in [5.41, 5.74) is 7.98. The molecule has 0 aliphatic carbocycles. The molecule has 0 saturated carbocycles. The first-order chi connectivity index (χ1) is 19.0. The van der Waals surface area contributed by atoms with Crippen molar-refractivity contribution in [3.8, 4) is 11.5 Å². The van der Waals surface area contributed by atoms with Crippen LogP contribution in [-0.4, -0.2) is 5.97 Å². The second-order valence-corrected chi connectivity index (χ2v) is 10.1. The number of hydrogen-bond donors (Lipinski definition) is 2. The molecule has 5 heteroatoms. The molecule has 190 valence electrons. The van der Waals surface area contributed by atoms with Gasteiger partial charge in [0.15, 0.2) is 5.60 Å². The molecular weight excluding hydrogens is 484 g/mol. The van der Waals surface area contributed by atoms with E-state index >= 15 is 0 Å². The van der Waals surface area contributed by atoms with Gasteiger partial charge in [-0.2, -0.15) is 0 Å². The first-order valence-corrected chi connectivity index (χ1v) is 13.0. The zero-order valence-corrected chi connectivity index (χ0v) is 21.6. The maximum Gasteiger partial charge on any atom is 0.340 e. The lowest BCUT2D eigenvalue weighted by Crippen LogP contribution is -2.33. The monoisotopic (exact) mass is 510 g/mol. The van der Waals surface area contributed by atoms with E-state index in [1.165, 1.54) is 0 Å². The predicted molar refractivity (Wildman–Crippen MR) is 154 cm³/mol. The lowest BCUT2D eigenvalue weighted by atomic mass is 9.76. The van der Waals surface area contributed by atoms with Crippen LogP contribution in [0.1, 0.15) is 38.2 Å². The van der Waals surface area contributed by atoms with Crippen LogP contribution in [0.5, 0.6) is 11.5 Å². The van der Waals surface area contributed by atoms with Gasteiger partial charge in [0.25, 0.3) is 0 Å². The third kappa shape index (κ3) is 3.74. The number of carbonyl (C=O) groups is 1. The predicted octanol–water partition coefficient (Wildman–Crippen LogP) is 8.36. The summed E-state index contributed by atoms with van der Waals surface area (Å²) in [6.07, 6.45) is 0. The van der Waals surface area contributed by atoms with Gasteiger partial charge in [-0.15, -0.1) is 0 Å². The molecule has 7 rings (SSSR count). The number of carbonyl (C=O) groups excluding carboxylic acids is 1. The number of benzene rings is 5. The fourth-order valence-corrected chi connectivity index (χ4v) is 5.69. The lowest BCUT2D eigenvalue weighted by molar-refractivity contribution is 0.0224. The lowest BCUT2D eigenvalue weighted by Gasteiger charge is -2.37. The van der Waals surface area contributed by atoms with Gasteiger partial charge < -0.3 is 20.1 Å². The van der Waals surface area contributed by atoms with Gasteiger partial charge in [0, 0.05) is 45.5 Å². The minimum atomic E-state index is -1.06. The Balaban J connectivity index is 1.27. The van der Waals surface area contributed by atoms with Crippen molar-refractivity contribution < 1.29 is 14.3 Å². The molecule has 5 aromatic rings. The van der Waals surface area contributed by atoms with Crippen LogP contribution in [0.4, 0.5) is 22.7 Å². The van der Waals surface area contributed by atoms with Crippen molar-refractivity contribution in [1.29, 1.82) is 0 Å². The molecule has 1 atom stereocenters. The second kappa shape index (κ2) is 8.77. The number of aryl methyl sites for hydroxylation is 2. The standard InChI is InChI=1S/C34H26N2O3/c1-21-18-22(2)32-30(19-21)34(28-11-7-6-10-27(28)33(37)39-34)29-17-16-26(20-31(29)38-32)36-25-14-12-24(13-15-25)35-23-8-4-3-5-9-23/h3-20,35-36H,1-2H3. The van der Waals surface area contributed by atoms with Crippen molar-refractivity contribution in [2.75, 3.05) is 10.6 Å². The van der Waals surface area contributed by atoms with E-state index < -0.39 is 5.60 Å². The van der Waals surface area contributed by atoms with E-state index in [0.29, 0.717) is 11.3 Å². The van der Waals surface area contributed by atoms with E-state index in [4.69, 9.17) is 9.47 Å². The summed E-state index contributed by atoms with van der Waals surface area (Å²) in [7, 11) is 0. The van der Waals surface area contributed by atoms with Crippen LogP contribution in [0.2, 0.25) is 0 Å². The Kier molecular flexibility index (Phi) is 5.20. The first-order valence-electron chi connectivity index (χ1n) is 13.0. The number of nitrogens with one attached hydrogen (secondary N) is 2. The van der Waals surface area contributed by atoms with E-state index in [2.05, 4.69) is 22.8 Å². The molecule has 5 nitrogen and oxygen atoms in total. The van der Waals surface area contributed by atoms with Gasteiger partial charge >= 0.3 is 5.97 Å². The highest BCUT2D eigenvalue weighted by atomic mass is 16.6. The fraction of sp³-hybridized carbons (Fsp3) is 0.0882. The van der Waals surface area contributed by atoms with E-state index in [0.717, 1.165) is 56.3 Å². The minimum absolute atomic E-state index is 0.324. The molecular formula is C34H26N2O3. The summed E-state index contributed by atoms with van der Waals surface area (Å²) < 4.78 is 12.8. The summed E-state index contributed by atoms with van der Waals surface area (Å²) >= 11 is 0. The van der Waals surface area contributed by atoms with Crippen LogP contribution < -0.4 is 15.4 Å². The molecule has 0 aromatic heterocycles. The Labute approximate surface area is 227 Å². The molecule has 0 bridgehead atoms. The van der Waals surface area contributed by atoms with Gasteiger partial charge in [-0.1, -0.05) is 48.0 Å². The van der Waals surface area contributed by atoms with Gasteiger partial charge in [-0.3, -0.25) is 0 Å². The number of anilines is 4. The Hall–Kier alpha value is -5.03. The molecule has 2 aliphatic rings. The van der Waals surface area contributed by atoms with Crippen LogP contribution in [0.3, 0.4) is 0 Å². The van der Waals surface area contributed by atoms with Crippen molar-refractivity contribution in [1.82, 2.24) is 0 Å². The molecule has 2 aliphatic heterocycles. The van der Waals surface area contributed by atoms with Crippen LogP contribution in [0, 0.1) is 13.8 Å². The molecule has 2 heterocycles. The number of hydrogen-bond acceptors (Lipinski definition) is 5. The molecule has 39 heavy (non-hydrogen) atoms. The van der Waals surface area contributed by atoms with E-state index in [9.17, 15) is 4.79 Å². The van der Waals surface area contributed by atoms with Crippen LogP contribution in [0.25, 0.3) is 0 Å². The van der Waals surface area contributed by atoms with Crippen LogP contribution >= 0.6 is 0 Å². The second-order valence-electron chi connectivity index (χ2n) is 10.1. The number of fused-ring (bicyclic) bond motifs is 6. The third-order valence-electron chi connectivity index (χ3n) is 7.38. The Morgan fingerprint density at radius 3 is 2.03 bits per heavy atom. The Bertz CT molecular complexity index is 1750. The molecule has 5 aromatic carbocycles. The minimum Gasteiger partial charge on any atom is -0.456 e. The number of para-hydroxylation sites is 1. The smallest absolute Gasteiger partial charge is 0.340 e. The van der Waals surface area contributed by atoms with Gasteiger partial charge in [-0.25, -0.2) is 4.79 Å². The summed E-state index contributed by atoms with van der Waals surface area (Å²) in [6.45, 7) is 4.08. The van der Waals surface area contributed by atoms with E-state index in [1.807, 2.05) is 111 Å². The summed E-state index contributed by atoms with van der Waals surface area (Å²) in [6, 6.07) is 36.0. The average Bonchev–Trinajstić information content (AvgIpc) is 3.24. The van der Waals surface area contributed by atoms with Crippen molar-refractivity contribution in [2.24, 2.45) is 0 Å². The number of rotatable bonds is 4. The summed E-state index contributed by atoms with van der Waals surface area (Å²) in [4.78, 5) is 13.1. The quantitative estimate of drug-likeness (QED) is 0.238. The van der Waals surface area contributed by atoms with Gasteiger partial charge in [0.2, 0.25) is 0 Å². The molecule has 1 spiro atoms.